The molecule has 5 heteroatoms. The van der Waals surface area contributed by atoms with E-state index in [1.807, 2.05) is 6.07 Å². The van der Waals surface area contributed by atoms with E-state index >= 15 is 0 Å². The predicted octanol–water partition coefficient (Wildman–Crippen LogP) is 4.41. The summed E-state index contributed by atoms with van der Waals surface area (Å²) in [4.78, 5) is 15.2. The fourth-order valence-electron chi connectivity index (χ4n) is 5.84. The van der Waals surface area contributed by atoms with E-state index in [4.69, 9.17) is 0 Å². The lowest BCUT2D eigenvalue weighted by Crippen LogP contribution is -2.53. The number of carbonyl (C=O) groups is 1. The van der Waals surface area contributed by atoms with Crippen LogP contribution in [0.1, 0.15) is 62.1 Å². The number of carbonyl (C=O) groups excluding carboxylic acids is 1. The van der Waals surface area contributed by atoms with Crippen molar-refractivity contribution in [2.75, 3.05) is 13.1 Å². The van der Waals surface area contributed by atoms with E-state index in [2.05, 4.69) is 58.0 Å². The average Bonchev–Trinajstić information content (AvgIpc) is 3.22. The van der Waals surface area contributed by atoms with E-state index in [0.717, 1.165) is 58.0 Å². The van der Waals surface area contributed by atoms with Crippen molar-refractivity contribution in [1.82, 2.24) is 15.5 Å². The van der Waals surface area contributed by atoms with E-state index < -0.39 is 0 Å². The molecule has 2 amide bonds. The molecule has 2 aliphatic carbocycles. The molecule has 0 spiro atoms. The second kappa shape index (κ2) is 9.63. The number of aliphatic hydroxyl groups is 1. The summed E-state index contributed by atoms with van der Waals surface area (Å²) in [6.07, 6.45) is 8.10. The van der Waals surface area contributed by atoms with Gasteiger partial charge < -0.3 is 15.7 Å². The average molecular weight is 434 g/mol. The number of fused-ring (bicyclic) bond motifs is 1. The van der Waals surface area contributed by atoms with Crippen molar-refractivity contribution in [2.24, 2.45) is 0 Å². The molecule has 0 bridgehead atoms. The number of nitrogens with zero attached hydrogens (tertiary/aromatic N) is 1. The van der Waals surface area contributed by atoms with Crippen LogP contribution in [0.5, 0.6) is 0 Å². The first-order chi connectivity index (χ1) is 15.7. The maximum Gasteiger partial charge on any atom is 0.315 e. The minimum atomic E-state index is -0.181. The Labute approximate surface area is 191 Å². The van der Waals surface area contributed by atoms with Crippen LogP contribution in [-0.4, -0.2) is 47.3 Å². The Morgan fingerprint density at radius 3 is 2.44 bits per heavy atom. The number of nitrogens with one attached hydrogen (secondary N) is 2. The van der Waals surface area contributed by atoms with Gasteiger partial charge in [0, 0.05) is 25.2 Å². The minimum Gasteiger partial charge on any atom is -0.391 e. The van der Waals surface area contributed by atoms with Crippen LogP contribution in [0.3, 0.4) is 0 Å². The first kappa shape index (κ1) is 21.5. The maximum absolute atomic E-state index is 12.8. The van der Waals surface area contributed by atoms with Gasteiger partial charge in [-0.2, -0.15) is 0 Å². The third-order valence-corrected chi connectivity index (χ3v) is 7.66. The molecule has 32 heavy (non-hydrogen) atoms. The van der Waals surface area contributed by atoms with E-state index in [9.17, 15) is 9.90 Å². The second-order valence-electron chi connectivity index (χ2n) is 9.72. The third kappa shape index (κ3) is 4.69. The van der Waals surface area contributed by atoms with Crippen molar-refractivity contribution in [1.29, 1.82) is 0 Å². The Bertz CT molecular complexity index is 924. The van der Waals surface area contributed by atoms with Gasteiger partial charge in [-0.1, -0.05) is 55.3 Å². The lowest BCUT2D eigenvalue weighted by molar-refractivity contribution is 0.00775. The molecule has 1 saturated carbocycles. The highest BCUT2D eigenvalue weighted by molar-refractivity contribution is 5.75. The summed E-state index contributed by atoms with van der Waals surface area (Å²) in [5.74, 6) is 0. The van der Waals surface area contributed by atoms with Gasteiger partial charge in [0.15, 0.2) is 0 Å². The zero-order valence-corrected chi connectivity index (χ0v) is 18.8. The van der Waals surface area contributed by atoms with E-state index in [1.54, 1.807) is 0 Å². The van der Waals surface area contributed by atoms with Crippen LogP contribution in [0.2, 0.25) is 0 Å². The molecule has 170 valence electrons. The van der Waals surface area contributed by atoms with Gasteiger partial charge >= 0.3 is 6.03 Å². The standard InChI is InChI=1S/C27H35N3O2/c31-26-9-5-4-8-25(26)30-16-14-22(15-17-30)28-27(32)29-24-13-12-20-10-11-21(18-23(20)24)19-6-2-1-3-7-19/h1-3,6-7,10-11,18,22,24-26,31H,4-5,8-9,12-17H2,(H2,28,29,32). The maximum atomic E-state index is 12.8. The monoisotopic (exact) mass is 433 g/mol. The summed E-state index contributed by atoms with van der Waals surface area (Å²) in [5.41, 5.74) is 5.01. The van der Waals surface area contributed by atoms with Crippen molar-refractivity contribution in [3.63, 3.8) is 0 Å². The number of urea groups is 1. The molecule has 3 N–H and O–H groups in total. The Morgan fingerprint density at radius 1 is 0.875 bits per heavy atom. The van der Waals surface area contributed by atoms with Gasteiger partial charge in [0.1, 0.15) is 0 Å². The fourth-order valence-corrected chi connectivity index (χ4v) is 5.84. The molecule has 2 aromatic carbocycles. The lowest BCUT2D eigenvalue weighted by Gasteiger charge is -2.41. The summed E-state index contributed by atoms with van der Waals surface area (Å²) in [6.45, 7) is 1.92. The van der Waals surface area contributed by atoms with Crippen molar-refractivity contribution < 1.29 is 9.90 Å². The van der Waals surface area contributed by atoms with Crippen LogP contribution >= 0.6 is 0 Å². The second-order valence-corrected chi connectivity index (χ2v) is 9.72. The molecule has 3 atom stereocenters. The van der Waals surface area contributed by atoms with Crippen molar-refractivity contribution >= 4 is 6.03 Å². The first-order valence-electron chi connectivity index (χ1n) is 12.3. The van der Waals surface area contributed by atoms with Gasteiger partial charge in [0.2, 0.25) is 0 Å². The fraction of sp³-hybridized carbons (Fsp3) is 0.519. The molecule has 5 rings (SSSR count). The number of aliphatic hydroxyl groups excluding tert-OH is 1. The van der Waals surface area contributed by atoms with Gasteiger partial charge in [-0.25, -0.2) is 4.79 Å². The summed E-state index contributed by atoms with van der Waals surface area (Å²) in [5, 5.41) is 16.8. The molecule has 0 aromatic heterocycles. The number of rotatable bonds is 4. The summed E-state index contributed by atoms with van der Waals surface area (Å²) in [7, 11) is 0. The zero-order chi connectivity index (χ0) is 21.9. The van der Waals surface area contributed by atoms with Gasteiger partial charge in [-0.3, -0.25) is 4.90 Å². The number of hydrogen-bond donors (Lipinski definition) is 3. The number of aryl methyl sites for hydroxylation is 1. The molecule has 2 fully saturated rings. The molecule has 1 heterocycles. The molecule has 2 aromatic rings. The molecule has 5 nitrogen and oxygen atoms in total. The Kier molecular flexibility index (Phi) is 6.47. The van der Waals surface area contributed by atoms with Gasteiger partial charge in [-0.05, 0) is 66.8 Å². The quantitative estimate of drug-likeness (QED) is 0.669. The normalized spacial score (nSPS) is 26.5. The third-order valence-electron chi connectivity index (χ3n) is 7.66. The number of piperidine rings is 1. The van der Waals surface area contributed by atoms with Crippen LogP contribution in [0, 0.1) is 0 Å². The number of benzene rings is 2. The van der Waals surface area contributed by atoms with Crippen LogP contribution in [0.25, 0.3) is 11.1 Å². The van der Waals surface area contributed by atoms with Crippen LogP contribution < -0.4 is 10.6 Å². The molecular formula is C27H35N3O2. The highest BCUT2D eigenvalue weighted by atomic mass is 16.3. The summed E-state index contributed by atoms with van der Waals surface area (Å²) >= 11 is 0. The smallest absolute Gasteiger partial charge is 0.315 e. The predicted molar refractivity (Wildman–Crippen MR) is 127 cm³/mol. The Morgan fingerprint density at radius 2 is 1.66 bits per heavy atom. The van der Waals surface area contributed by atoms with Gasteiger partial charge in [-0.15, -0.1) is 0 Å². The van der Waals surface area contributed by atoms with Crippen molar-refractivity contribution in [3.05, 3.63) is 59.7 Å². The topological polar surface area (TPSA) is 64.6 Å². The SMILES string of the molecule is O=C(NC1CCN(C2CCCCC2O)CC1)NC1CCc2ccc(-c3ccccc3)cc21. The Balaban J connectivity index is 1.15. The molecule has 1 aliphatic heterocycles. The van der Waals surface area contributed by atoms with Crippen LogP contribution in [0.15, 0.2) is 48.5 Å². The number of amides is 2. The molecular weight excluding hydrogens is 398 g/mol. The summed E-state index contributed by atoms with van der Waals surface area (Å²) < 4.78 is 0. The Hall–Kier alpha value is -2.37. The van der Waals surface area contributed by atoms with Gasteiger partial charge in [0.05, 0.1) is 12.1 Å². The first-order valence-corrected chi connectivity index (χ1v) is 12.3. The van der Waals surface area contributed by atoms with E-state index in [0.29, 0.717) is 6.04 Å². The molecule has 3 unspecified atom stereocenters. The molecule has 1 saturated heterocycles. The van der Waals surface area contributed by atoms with Crippen molar-refractivity contribution in [3.8, 4) is 11.1 Å². The number of hydrogen-bond acceptors (Lipinski definition) is 3. The van der Waals surface area contributed by atoms with Crippen LogP contribution in [0.4, 0.5) is 4.79 Å². The van der Waals surface area contributed by atoms with Gasteiger partial charge in [0.25, 0.3) is 0 Å². The lowest BCUT2D eigenvalue weighted by atomic mass is 9.89. The molecule has 3 aliphatic rings. The zero-order valence-electron chi connectivity index (χ0n) is 18.8. The number of likely N-dealkylation sites (tertiary alicyclic amines) is 1. The van der Waals surface area contributed by atoms with E-state index in [-0.39, 0.29) is 24.2 Å². The highest BCUT2D eigenvalue weighted by Gasteiger charge is 2.32. The van der Waals surface area contributed by atoms with Crippen LogP contribution in [-0.2, 0) is 6.42 Å². The minimum absolute atomic E-state index is 0.0517. The highest BCUT2D eigenvalue weighted by Crippen LogP contribution is 2.34. The van der Waals surface area contributed by atoms with Crippen molar-refractivity contribution in [2.45, 2.75) is 75.6 Å². The largest absolute Gasteiger partial charge is 0.391 e. The molecule has 0 radical (unpaired) electrons. The summed E-state index contributed by atoms with van der Waals surface area (Å²) in [6, 6.07) is 17.6. The van der Waals surface area contributed by atoms with E-state index in [1.165, 1.54) is 28.7 Å².